The first-order valence-corrected chi connectivity index (χ1v) is 18.5. The Hall–Kier alpha value is -4.53. The molecule has 1 unspecified atom stereocenters. The number of nitrogens with two attached hydrogens (primary N) is 1. The summed E-state index contributed by atoms with van der Waals surface area (Å²) in [6.07, 6.45) is 8.13. The minimum absolute atomic E-state index is 0.0512. The summed E-state index contributed by atoms with van der Waals surface area (Å²) in [5.74, 6) is 2.13. The summed E-state index contributed by atoms with van der Waals surface area (Å²) < 4.78 is 0. The number of hydrogen-bond acceptors (Lipinski definition) is 10. The number of hydrogen-bond donors (Lipinski definition) is 6. The number of nitrogens with one attached hydrogen (secondary N) is 4. The fourth-order valence-corrected chi connectivity index (χ4v) is 7.70. The molecule has 13 heteroatoms. The molecule has 7 N–H and O–H groups in total. The maximum absolute atomic E-state index is 13.3. The van der Waals surface area contributed by atoms with Crippen molar-refractivity contribution in [3.8, 4) is 11.3 Å². The van der Waals surface area contributed by atoms with Crippen LogP contribution in [0.3, 0.4) is 0 Å². The van der Waals surface area contributed by atoms with E-state index in [2.05, 4.69) is 71.2 Å². The maximum Gasteiger partial charge on any atom is 0.242 e. The third-order valence-corrected chi connectivity index (χ3v) is 10.7. The van der Waals surface area contributed by atoms with Crippen molar-refractivity contribution in [3.05, 3.63) is 60.4 Å². The minimum Gasteiger partial charge on any atom is -0.341 e. The van der Waals surface area contributed by atoms with E-state index in [1.54, 1.807) is 13.3 Å². The van der Waals surface area contributed by atoms with Crippen LogP contribution >= 0.6 is 0 Å². The van der Waals surface area contributed by atoms with Crippen LogP contribution in [-0.4, -0.2) is 78.2 Å². The molecule has 1 fully saturated rings. The number of rotatable bonds is 14. The standard InChI is InChI=1S/C39H50N10O3/c1-21(2)29(48-52-5)18-25(8-6-14-40)37-43-28-13-11-23-16-30(41-19-27(23)36(28)45-37)24-10-12-26-31(17-24)42-20-32-35(26)46-38(44-32)33-9-7-15-49(33)39(50)34(47-51)22(3)4/h10-13,16-17,19-22,25,29,33-34,47-48,51H,6-9,14-15,18,40H2,1-5H3,(H,43,45)(H,44,46)/t25?,29-,33+,34+/m1/s1. The van der Waals surface area contributed by atoms with Gasteiger partial charge in [-0.1, -0.05) is 39.8 Å². The van der Waals surface area contributed by atoms with Gasteiger partial charge in [-0.05, 0) is 80.1 Å². The second-order valence-corrected chi connectivity index (χ2v) is 14.8. The highest BCUT2D eigenvalue weighted by molar-refractivity contribution is 6.06. The summed E-state index contributed by atoms with van der Waals surface area (Å²) in [6, 6.07) is 11.8. The van der Waals surface area contributed by atoms with Gasteiger partial charge in [-0.15, -0.1) is 0 Å². The molecule has 1 aliphatic heterocycles. The molecule has 1 aliphatic rings. The van der Waals surface area contributed by atoms with Gasteiger partial charge in [-0.25, -0.2) is 9.97 Å². The first-order valence-electron chi connectivity index (χ1n) is 18.5. The number of carbonyl (C=O) groups excluding carboxylic acids is 1. The number of likely N-dealkylation sites (tertiary alicyclic amines) is 1. The van der Waals surface area contributed by atoms with E-state index in [4.69, 9.17) is 30.5 Å². The average Bonchev–Trinajstić information content (AvgIpc) is 3.91. The third-order valence-electron chi connectivity index (χ3n) is 10.7. The van der Waals surface area contributed by atoms with Crippen LogP contribution in [0.2, 0.25) is 0 Å². The second kappa shape index (κ2) is 15.2. The van der Waals surface area contributed by atoms with Crippen LogP contribution in [0.15, 0.2) is 48.8 Å². The Balaban J connectivity index is 1.17. The molecule has 4 atom stereocenters. The highest BCUT2D eigenvalue weighted by atomic mass is 16.6. The molecule has 0 radical (unpaired) electrons. The number of hydroxylamine groups is 2. The number of nitrogens with zero attached hydrogens (tertiary/aromatic N) is 5. The zero-order chi connectivity index (χ0) is 36.5. The number of aromatic nitrogens is 6. The van der Waals surface area contributed by atoms with E-state index in [-0.39, 0.29) is 29.8 Å². The second-order valence-electron chi connectivity index (χ2n) is 14.8. The van der Waals surface area contributed by atoms with Gasteiger partial charge in [0, 0.05) is 41.0 Å². The summed E-state index contributed by atoms with van der Waals surface area (Å²) >= 11 is 0. The van der Waals surface area contributed by atoms with Crippen LogP contribution in [0, 0.1) is 11.8 Å². The molecule has 0 spiro atoms. The van der Waals surface area contributed by atoms with Gasteiger partial charge in [0.05, 0.1) is 47.1 Å². The molecule has 52 heavy (non-hydrogen) atoms. The third kappa shape index (κ3) is 6.86. The van der Waals surface area contributed by atoms with Gasteiger partial charge in [0.25, 0.3) is 0 Å². The predicted octanol–water partition coefficient (Wildman–Crippen LogP) is 6.26. The van der Waals surface area contributed by atoms with Crippen molar-refractivity contribution in [1.29, 1.82) is 0 Å². The molecule has 6 aromatic rings. The Kier molecular flexibility index (Phi) is 10.5. The number of H-pyrrole nitrogens is 2. The molecule has 13 nitrogen and oxygen atoms in total. The van der Waals surface area contributed by atoms with Crippen LogP contribution in [0.4, 0.5) is 0 Å². The van der Waals surface area contributed by atoms with Gasteiger partial charge in [0.2, 0.25) is 5.91 Å². The van der Waals surface area contributed by atoms with E-state index < -0.39 is 6.04 Å². The Labute approximate surface area is 303 Å². The number of carbonyl (C=O) groups is 1. The Morgan fingerprint density at radius 3 is 2.58 bits per heavy atom. The van der Waals surface area contributed by atoms with Crippen molar-refractivity contribution < 1.29 is 14.8 Å². The highest BCUT2D eigenvalue weighted by Gasteiger charge is 2.36. The number of aromatic amines is 2. The number of imidazole rings is 2. The van der Waals surface area contributed by atoms with Crippen LogP contribution in [0.1, 0.15) is 83.4 Å². The Morgan fingerprint density at radius 2 is 1.83 bits per heavy atom. The van der Waals surface area contributed by atoms with Crippen molar-refractivity contribution in [2.45, 2.75) is 83.8 Å². The largest absolute Gasteiger partial charge is 0.341 e. The van der Waals surface area contributed by atoms with Gasteiger partial charge in [-0.2, -0.15) is 11.0 Å². The van der Waals surface area contributed by atoms with Gasteiger partial charge in [-0.3, -0.25) is 14.8 Å². The topological polar surface area (TPSA) is 183 Å². The normalized spacial score (nSPS) is 17.0. The first-order chi connectivity index (χ1) is 25.2. The number of benzene rings is 2. The molecule has 2 aromatic carbocycles. The smallest absolute Gasteiger partial charge is 0.242 e. The van der Waals surface area contributed by atoms with Gasteiger partial charge in [0.15, 0.2) is 0 Å². The van der Waals surface area contributed by atoms with E-state index >= 15 is 0 Å². The summed E-state index contributed by atoms with van der Waals surface area (Å²) in [4.78, 5) is 47.3. The molecular weight excluding hydrogens is 656 g/mol. The van der Waals surface area contributed by atoms with Crippen molar-refractivity contribution >= 4 is 49.6 Å². The van der Waals surface area contributed by atoms with Gasteiger partial charge >= 0.3 is 0 Å². The Morgan fingerprint density at radius 1 is 1.00 bits per heavy atom. The maximum atomic E-state index is 13.3. The van der Waals surface area contributed by atoms with Gasteiger partial charge in [0.1, 0.15) is 23.2 Å². The van der Waals surface area contributed by atoms with Crippen molar-refractivity contribution in [1.82, 2.24) is 45.8 Å². The average molecular weight is 707 g/mol. The zero-order valence-electron chi connectivity index (χ0n) is 30.6. The molecule has 5 heterocycles. The summed E-state index contributed by atoms with van der Waals surface area (Å²) in [5.41, 5.74) is 17.5. The lowest BCUT2D eigenvalue weighted by Gasteiger charge is -2.28. The van der Waals surface area contributed by atoms with Crippen LogP contribution in [-0.2, 0) is 9.63 Å². The highest BCUT2D eigenvalue weighted by Crippen LogP contribution is 2.36. The molecule has 4 aromatic heterocycles. The lowest BCUT2D eigenvalue weighted by atomic mass is 9.89. The van der Waals surface area contributed by atoms with E-state index in [0.717, 1.165) is 98.8 Å². The fraction of sp³-hybridized carbons (Fsp3) is 0.462. The van der Waals surface area contributed by atoms with Crippen LogP contribution in [0.25, 0.3) is 55.0 Å². The van der Waals surface area contributed by atoms with E-state index in [9.17, 15) is 10.0 Å². The predicted molar refractivity (Wildman–Crippen MR) is 203 cm³/mol. The minimum atomic E-state index is -0.664. The van der Waals surface area contributed by atoms with Crippen molar-refractivity contribution in [2.24, 2.45) is 17.6 Å². The number of fused-ring (bicyclic) bond motifs is 6. The molecule has 7 rings (SSSR count). The van der Waals surface area contributed by atoms with Crippen molar-refractivity contribution in [2.75, 3.05) is 20.2 Å². The Bertz CT molecular complexity index is 2190. The van der Waals surface area contributed by atoms with Crippen LogP contribution < -0.4 is 16.7 Å². The summed E-state index contributed by atoms with van der Waals surface area (Å²) in [6.45, 7) is 9.48. The summed E-state index contributed by atoms with van der Waals surface area (Å²) in [7, 11) is 1.66. The first kappa shape index (κ1) is 35.9. The summed E-state index contributed by atoms with van der Waals surface area (Å²) in [5, 5.41) is 12.7. The molecule has 0 aliphatic carbocycles. The molecular formula is C39H50N10O3. The molecule has 0 bridgehead atoms. The SMILES string of the molecule is CON[C@H](CC(CCCN)c1nc2ccc3cc(-c4ccc5c(c4)ncc4nc([C@@H]6CCCN6C(=O)[C@@H](NO)C(C)C)[nH]c45)ncc3c2[nH]1)C(C)C. The lowest BCUT2D eigenvalue weighted by Crippen LogP contribution is -2.48. The van der Waals surface area contributed by atoms with Crippen molar-refractivity contribution in [3.63, 3.8) is 0 Å². The van der Waals surface area contributed by atoms with E-state index in [0.29, 0.717) is 19.0 Å². The number of pyridine rings is 2. The quantitative estimate of drug-likeness (QED) is 0.0708. The monoisotopic (exact) mass is 706 g/mol. The molecule has 0 saturated carbocycles. The van der Waals surface area contributed by atoms with E-state index in [1.165, 1.54) is 0 Å². The fourth-order valence-electron chi connectivity index (χ4n) is 7.70. The lowest BCUT2D eigenvalue weighted by molar-refractivity contribution is -0.138. The van der Waals surface area contributed by atoms with Crippen LogP contribution in [0.5, 0.6) is 0 Å². The molecule has 1 amide bonds. The molecule has 274 valence electrons. The molecule has 1 saturated heterocycles. The van der Waals surface area contributed by atoms with Gasteiger partial charge < -0.3 is 30.6 Å². The zero-order valence-corrected chi connectivity index (χ0v) is 30.6. The van der Waals surface area contributed by atoms with E-state index in [1.807, 2.05) is 24.9 Å². The number of amides is 1.